The molecule has 1 unspecified atom stereocenters. The highest BCUT2D eigenvalue weighted by Crippen LogP contribution is 2.28. The Bertz CT molecular complexity index is 945. The molecule has 1 aromatic heterocycles. The van der Waals surface area contributed by atoms with Crippen LogP contribution in [0, 0.1) is 17.2 Å². The number of fused-ring (bicyclic) bond motifs is 1. The third-order valence-electron chi connectivity index (χ3n) is 4.33. The molecule has 1 N–H and O–H groups in total. The quantitative estimate of drug-likeness (QED) is 0.639. The molecule has 27 heavy (non-hydrogen) atoms. The molecule has 0 aliphatic carbocycles. The van der Waals surface area contributed by atoms with Gasteiger partial charge in [-0.25, -0.2) is 9.97 Å². The molecule has 0 fully saturated rings. The van der Waals surface area contributed by atoms with Crippen LogP contribution in [0.1, 0.15) is 27.2 Å². The second kappa shape index (κ2) is 8.50. The maximum absolute atomic E-state index is 8.85. The van der Waals surface area contributed by atoms with Gasteiger partial charge in [-0.15, -0.1) is 0 Å². The van der Waals surface area contributed by atoms with Crippen LogP contribution in [0.25, 0.3) is 22.0 Å². The van der Waals surface area contributed by atoms with E-state index in [0.29, 0.717) is 11.7 Å². The highest BCUT2D eigenvalue weighted by Gasteiger charge is 2.07. The molecular formula is C22H24N4O. The Balaban J connectivity index is 1.86. The minimum atomic E-state index is -0.465. The van der Waals surface area contributed by atoms with Gasteiger partial charge in [0.2, 0.25) is 0 Å². The molecule has 5 nitrogen and oxygen atoms in total. The molecule has 0 saturated carbocycles. The fourth-order valence-electron chi connectivity index (χ4n) is 2.81. The molecule has 3 aromatic rings. The topological polar surface area (TPSA) is 70.8 Å². The number of nitrogens with zero attached hydrogens (tertiary/aromatic N) is 3. The van der Waals surface area contributed by atoms with Crippen molar-refractivity contribution >= 4 is 16.7 Å². The molecule has 3 rings (SSSR count). The van der Waals surface area contributed by atoms with Gasteiger partial charge in [-0.3, -0.25) is 0 Å². The van der Waals surface area contributed by atoms with Crippen molar-refractivity contribution in [2.75, 3.05) is 11.9 Å². The van der Waals surface area contributed by atoms with Gasteiger partial charge in [-0.2, -0.15) is 5.26 Å². The van der Waals surface area contributed by atoms with Crippen LogP contribution < -0.4 is 10.1 Å². The zero-order chi connectivity index (χ0) is 19.2. The summed E-state index contributed by atoms with van der Waals surface area (Å²) in [5, 5.41) is 13.3. The minimum Gasteiger partial charge on any atom is -0.476 e. The van der Waals surface area contributed by atoms with Crippen molar-refractivity contribution in [1.82, 2.24) is 9.97 Å². The second-order valence-electron chi connectivity index (χ2n) is 6.98. The van der Waals surface area contributed by atoms with Crippen LogP contribution in [0.5, 0.6) is 5.75 Å². The molecular weight excluding hydrogens is 336 g/mol. The Hall–Kier alpha value is -3.13. The number of benzene rings is 2. The fourth-order valence-corrected chi connectivity index (χ4v) is 2.81. The SMILES string of the molecule is CC(C)CCNc1ncnc2ccc(-c3ccc(OC(C)C#N)cc3)cc12. The normalized spacial score (nSPS) is 12.0. The van der Waals surface area contributed by atoms with E-state index in [9.17, 15) is 0 Å². The predicted molar refractivity (Wildman–Crippen MR) is 109 cm³/mol. The number of nitrogens with one attached hydrogen (secondary N) is 1. The van der Waals surface area contributed by atoms with Crippen LogP contribution in [0.2, 0.25) is 0 Å². The van der Waals surface area contributed by atoms with Crippen LogP contribution in [0.4, 0.5) is 5.82 Å². The van der Waals surface area contributed by atoms with Crippen LogP contribution in [-0.2, 0) is 0 Å². The number of hydrogen-bond donors (Lipinski definition) is 1. The molecule has 1 atom stereocenters. The Labute approximate surface area is 160 Å². The first kappa shape index (κ1) is 18.7. The van der Waals surface area contributed by atoms with Gasteiger partial charge < -0.3 is 10.1 Å². The first-order valence-corrected chi connectivity index (χ1v) is 9.22. The lowest BCUT2D eigenvalue weighted by molar-refractivity contribution is 0.276. The standard InChI is InChI=1S/C22H24N4O/c1-15(2)10-11-24-22-20-12-18(6-9-21(20)25-14-26-22)17-4-7-19(8-5-17)27-16(3)13-23/h4-9,12,14-16H,10-11H2,1-3H3,(H,24,25,26). The van der Waals surface area contributed by atoms with E-state index in [1.807, 2.05) is 30.3 Å². The number of nitriles is 1. The molecule has 0 aliphatic rings. The highest BCUT2D eigenvalue weighted by molar-refractivity contribution is 5.92. The summed E-state index contributed by atoms with van der Waals surface area (Å²) in [7, 11) is 0. The summed E-state index contributed by atoms with van der Waals surface area (Å²) >= 11 is 0. The first-order valence-electron chi connectivity index (χ1n) is 9.22. The minimum absolute atomic E-state index is 0.465. The van der Waals surface area contributed by atoms with Crippen molar-refractivity contribution < 1.29 is 4.74 Å². The van der Waals surface area contributed by atoms with Gasteiger partial charge >= 0.3 is 0 Å². The van der Waals surface area contributed by atoms with Gasteiger partial charge in [0, 0.05) is 11.9 Å². The van der Waals surface area contributed by atoms with E-state index in [1.165, 1.54) is 0 Å². The van der Waals surface area contributed by atoms with Crippen molar-refractivity contribution in [1.29, 1.82) is 5.26 Å². The van der Waals surface area contributed by atoms with Crippen LogP contribution in [-0.4, -0.2) is 22.6 Å². The Morgan fingerprint density at radius 2 is 1.78 bits per heavy atom. The fraction of sp³-hybridized carbons (Fsp3) is 0.318. The number of hydrogen-bond acceptors (Lipinski definition) is 5. The molecule has 0 radical (unpaired) electrons. The lowest BCUT2D eigenvalue weighted by Crippen LogP contribution is -2.07. The van der Waals surface area contributed by atoms with E-state index in [0.717, 1.165) is 40.8 Å². The lowest BCUT2D eigenvalue weighted by Gasteiger charge is -2.11. The zero-order valence-electron chi connectivity index (χ0n) is 15.9. The smallest absolute Gasteiger partial charge is 0.181 e. The summed E-state index contributed by atoms with van der Waals surface area (Å²) in [5.41, 5.74) is 3.08. The summed E-state index contributed by atoms with van der Waals surface area (Å²) in [4.78, 5) is 8.80. The summed E-state index contributed by atoms with van der Waals surface area (Å²) in [6.07, 6.45) is 2.23. The van der Waals surface area contributed by atoms with Crippen molar-refractivity contribution in [3.05, 3.63) is 48.8 Å². The molecule has 5 heteroatoms. The van der Waals surface area contributed by atoms with Crippen LogP contribution in [0.3, 0.4) is 0 Å². The van der Waals surface area contributed by atoms with Gasteiger partial charge in [0.15, 0.2) is 6.10 Å². The van der Waals surface area contributed by atoms with E-state index < -0.39 is 6.10 Å². The van der Waals surface area contributed by atoms with Crippen molar-refractivity contribution in [3.63, 3.8) is 0 Å². The van der Waals surface area contributed by atoms with Gasteiger partial charge in [-0.05, 0) is 54.7 Å². The zero-order valence-corrected chi connectivity index (χ0v) is 15.9. The third-order valence-corrected chi connectivity index (χ3v) is 4.33. The Kier molecular flexibility index (Phi) is 5.87. The highest BCUT2D eigenvalue weighted by atomic mass is 16.5. The number of anilines is 1. The number of ether oxygens (including phenoxy) is 1. The molecule has 0 bridgehead atoms. The number of rotatable bonds is 7. The van der Waals surface area contributed by atoms with Gasteiger partial charge in [0.05, 0.1) is 5.52 Å². The molecule has 0 spiro atoms. The molecule has 138 valence electrons. The van der Waals surface area contributed by atoms with E-state index >= 15 is 0 Å². The second-order valence-corrected chi connectivity index (χ2v) is 6.98. The molecule has 0 saturated heterocycles. The van der Waals surface area contributed by atoms with Crippen LogP contribution in [0.15, 0.2) is 48.8 Å². The molecule has 0 aliphatic heterocycles. The Morgan fingerprint density at radius 3 is 2.48 bits per heavy atom. The third kappa shape index (κ3) is 4.73. The van der Waals surface area contributed by atoms with Gasteiger partial charge in [-0.1, -0.05) is 32.0 Å². The van der Waals surface area contributed by atoms with Gasteiger partial charge in [0.25, 0.3) is 0 Å². The molecule has 2 aromatic carbocycles. The van der Waals surface area contributed by atoms with E-state index in [4.69, 9.17) is 10.00 Å². The van der Waals surface area contributed by atoms with E-state index in [1.54, 1.807) is 13.3 Å². The van der Waals surface area contributed by atoms with E-state index in [2.05, 4.69) is 47.3 Å². The summed E-state index contributed by atoms with van der Waals surface area (Å²) in [5.74, 6) is 2.20. The monoisotopic (exact) mass is 360 g/mol. The maximum atomic E-state index is 8.85. The Morgan fingerprint density at radius 1 is 1.04 bits per heavy atom. The molecule has 0 amide bonds. The molecule has 1 heterocycles. The van der Waals surface area contributed by atoms with Crippen molar-refractivity contribution in [3.8, 4) is 22.9 Å². The first-order chi connectivity index (χ1) is 13.1. The largest absolute Gasteiger partial charge is 0.476 e. The summed E-state index contributed by atoms with van der Waals surface area (Å²) < 4.78 is 5.52. The summed E-state index contributed by atoms with van der Waals surface area (Å²) in [6.45, 7) is 7.04. The average molecular weight is 360 g/mol. The van der Waals surface area contributed by atoms with Crippen molar-refractivity contribution in [2.45, 2.75) is 33.3 Å². The average Bonchev–Trinajstić information content (AvgIpc) is 2.68. The maximum Gasteiger partial charge on any atom is 0.181 e. The predicted octanol–water partition coefficient (Wildman–Crippen LogP) is 5.05. The van der Waals surface area contributed by atoms with Crippen molar-refractivity contribution in [2.24, 2.45) is 5.92 Å². The summed E-state index contributed by atoms with van der Waals surface area (Å²) in [6, 6.07) is 16.0. The van der Waals surface area contributed by atoms with E-state index in [-0.39, 0.29) is 0 Å². The van der Waals surface area contributed by atoms with Crippen LogP contribution >= 0.6 is 0 Å². The number of aromatic nitrogens is 2. The lowest BCUT2D eigenvalue weighted by atomic mass is 10.0. The van der Waals surface area contributed by atoms with Gasteiger partial charge in [0.1, 0.15) is 24.0 Å².